The molecule has 1 unspecified atom stereocenters. The predicted molar refractivity (Wildman–Crippen MR) is 78.5 cm³/mol. The maximum Gasteiger partial charge on any atom is 0.337 e. The predicted octanol–water partition coefficient (Wildman–Crippen LogP) is 2.34. The van der Waals surface area contributed by atoms with E-state index in [9.17, 15) is 20.0 Å². The highest BCUT2D eigenvalue weighted by Crippen LogP contribution is 2.27. The molecule has 2 N–H and O–H groups in total. The van der Waals surface area contributed by atoms with Crippen molar-refractivity contribution in [2.75, 3.05) is 19.0 Å². The fourth-order valence-electron chi connectivity index (χ4n) is 1.99. The minimum Gasteiger partial charge on any atom is -0.465 e. The number of benzene rings is 1. The van der Waals surface area contributed by atoms with Crippen molar-refractivity contribution < 1.29 is 19.6 Å². The fourth-order valence-corrected chi connectivity index (χ4v) is 1.99. The summed E-state index contributed by atoms with van der Waals surface area (Å²) in [4.78, 5) is 21.9. The van der Waals surface area contributed by atoms with Crippen molar-refractivity contribution in [2.45, 2.75) is 32.3 Å². The molecule has 0 bridgehead atoms. The average Bonchev–Trinajstić information content (AvgIpc) is 2.43. The van der Waals surface area contributed by atoms with Crippen molar-refractivity contribution in [3.8, 4) is 0 Å². The third-order valence-corrected chi connectivity index (χ3v) is 3.06. The number of nitrogens with one attached hydrogen (secondary N) is 1. The lowest BCUT2D eigenvalue weighted by Gasteiger charge is -2.23. The van der Waals surface area contributed by atoms with E-state index >= 15 is 0 Å². The Morgan fingerprint density at radius 1 is 1.52 bits per heavy atom. The van der Waals surface area contributed by atoms with Crippen LogP contribution < -0.4 is 5.32 Å². The first-order chi connectivity index (χ1) is 9.80. The number of carbonyl (C=O) groups excluding carboxylic acids is 1. The third kappa shape index (κ3) is 4.71. The van der Waals surface area contributed by atoms with E-state index < -0.39 is 16.5 Å². The summed E-state index contributed by atoms with van der Waals surface area (Å²) < 4.78 is 4.59. The smallest absolute Gasteiger partial charge is 0.337 e. The Labute approximate surface area is 123 Å². The van der Waals surface area contributed by atoms with E-state index in [2.05, 4.69) is 10.1 Å². The molecule has 0 saturated heterocycles. The molecular formula is C14H20N2O5. The van der Waals surface area contributed by atoms with Crippen LogP contribution in [-0.4, -0.2) is 35.3 Å². The van der Waals surface area contributed by atoms with Gasteiger partial charge in [0.1, 0.15) is 5.69 Å². The molecule has 0 aliphatic rings. The van der Waals surface area contributed by atoms with Gasteiger partial charge in [0.05, 0.1) is 23.2 Å². The number of nitrogens with zero attached hydrogens (tertiary/aromatic N) is 1. The van der Waals surface area contributed by atoms with Crippen molar-refractivity contribution in [3.63, 3.8) is 0 Å². The molecule has 0 saturated carbocycles. The number of ether oxygens (including phenoxy) is 1. The molecule has 7 heteroatoms. The van der Waals surface area contributed by atoms with Crippen LogP contribution in [-0.2, 0) is 4.74 Å². The second-order valence-corrected chi connectivity index (χ2v) is 5.08. The molecular weight excluding hydrogens is 276 g/mol. The van der Waals surface area contributed by atoms with Gasteiger partial charge >= 0.3 is 5.97 Å². The van der Waals surface area contributed by atoms with Crippen molar-refractivity contribution in [1.29, 1.82) is 0 Å². The van der Waals surface area contributed by atoms with Gasteiger partial charge in [-0.3, -0.25) is 10.1 Å². The van der Waals surface area contributed by atoms with E-state index in [0.29, 0.717) is 6.42 Å². The molecule has 7 nitrogen and oxygen atoms in total. The van der Waals surface area contributed by atoms with Gasteiger partial charge in [-0.1, -0.05) is 13.3 Å². The highest BCUT2D eigenvalue weighted by Gasteiger charge is 2.22. The van der Waals surface area contributed by atoms with Crippen LogP contribution in [0.15, 0.2) is 18.2 Å². The molecule has 1 rings (SSSR count). The minimum absolute atomic E-state index is 0.145. The average molecular weight is 296 g/mol. The lowest BCUT2D eigenvalue weighted by Crippen LogP contribution is -2.33. The summed E-state index contributed by atoms with van der Waals surface area (Å²) >= 11 is 0. The quantitative estimate of drug-likeness (QED) is 0.455. The molecule has 0 aliphatic carbocycles. The zero-order valence-electron chi connectivity index (χ0n) is 12.4. The molecule has 0 amide bonds. The second kappa shape index (κ2) is 7.03. The molecule has 0 fully saturated rings. The first-order valence-corrected chi connectivity index (χ1v) is 6.63. The van der Waals surface area contributed by atoms with Crippen LogP contribution in [0.2, 0.25) is 0 Å². The van der Waals surface area contributed by atoms with E-state index in [-0.39, 0.29) is 23.5 Å². The van der Waals surface area contributed by atoms with Gasteiger partial charge in [-0.15, -0.1) is 0 Å². The van der Waals surface area contributed by atoms with Gasteiger partial charge in [-0.05, 0) is 25.5 Å². The van der Waals surface area contributed by atoms with Crippen LogP contribution in [0.5, 0.6) is 0 Å². The van der Waals surface area contributed by atoms with Crippen molar-refractivity contribution >= 4 is 17.3 Å². The topological polar surface area (TPSA) is 102 Å². The molecule has 0 spiro atoms. The van der Waals surface area contributed by atoms with Gasteiger partial charge in [-0.25, -0.2) is 4.79 Å². The van der Waals surface area contributed by atoms with Gasteiger partial charge in [0, 0.05) is 12.6 Å². The SMILES string of the molecule is CCCC(C)(O)CNc1cc(C(=O)OC)ccc1[N+](=O)[O-]. The molecule has 0 aromatic heterocycles. The number of nitro groups is 1. The van der Waals surface area contributed by atoms with Gasteiger partial charge < -0.3 is 15.2 Å². The number of carbonyl (C=O) groups is 1. The summed E-state index contributed by atoms with van der Waals surface area (Å²) in [5.74, 6) is -0.576. The highest BCUT2D eigenvalue weighted by atomic mass is 16.6. The lowest BCUT2D eigenvalue weighted by molar-refractivity contribution is -0.384. The first kappa shape index (κ1) is 16.9. The number of rotatable bonds is 7. The maximum atomic E-state index is 11.5. The normalized spacial score (nSPS) is 13.3. The summed E-state index contributed by atoms with van der Waals surface area (Å²) in [5, 5.41) is 24.0. The van der Waals surface area contributed by atoms with Crippen molar-refractivity contribution in [3.05, 3.63) is 33.9 Å². The number of hydrogen-bond donors (Lipinski definition) is 2. The Balaban J connectivity index is 3.01. The molecule has 1 aromatic rings. The molecule has 0 aliphatic heterocycles. The zero-order chi connectivity index (χ0) is 16.0. The van der Waals surface area contributed by atoms with E-state index in [4.69, 9.17) is 0 Å². The Morgan fingerprint density at radius 2 is 2.19 bits per heavy atom. The number of esters is 1. The van der Waals surface area contributed by atoms with Crippen LogP contribution in [0, 0.1) is 10.1 Å². The van der Waals surface area contributed by atoms with Gasteiger partial charge in [0.2, 0.25) is 0 Å². The van der Waals surface area contributed by atoms with Crippen molar-refractivity contribution in [1.82, 2.24) is 0 Å². The second-order valence-electron chi connectivity index (χ2n) is 5.08. The third-order valence-electron chi connectivity index (χ3n) is 3.06. The molecule has 1 aromatic carbocycles. The van der Waals surface area contributed by atoms with E-state index in [0.717, 1.165) is 6.42 Å². The number of anilines is 1. The Bertz CT molecular complexity index is 528. The molecule has 0 heterocycles. The summed E-state index contributed by atoms with van der Waals surface area (Å²) in [6.07, 6.45) is 1.35. The van der Waals surface area contributed by atoms with Gasteiger partial charge in [-0.2, -0.15) is 0 Å². The van der Waals surface area contributed by atoms with E-state index in [1.54, 1.807) is 6.92 Å². The number of aliphatic hydroxyl groups is 1. The Hall–Kier alpha value is -2.15. The van der Waals surface area contributed by atoms with Crippen LogP contribution >= 0.6 is 0 Å². The minimum atomic E-state index is -0.982. The van der Waals surface area contributed by atoms with Gasteiger partial charge in [0.25, 0.3) is 5.69 Å². The fraction of sp³-hybridized carbons (Fsp3) is 0.500. The highest BCUT2D eigenvalue weighted by molar-refractivity contribution is 5.91. The number of nitro benzene ring substituents is 1. The van der Waals surface area contributed by atoms with Gasteiger partial charge in [0.15, 0.2) is 0 Å². The zero-order valence-corrected chi connectivity index (χ0v) is 12.4. The summed E-state index contributed by atoms with van der Waals surface area (Å²) in [5.41, 5.74) is -0.751. The first-order valence-electron chi connectivity index (χ1n) is 6.63. The number of methoxy groups -OCH3 is 1. The molecule has 1 atom stereocenters. The lowest BCUT2D eigenvalue weighted by atomic mass is 10.0. The van der Waals surface area contributed by atoms with Crippen LogP contribution in [0.4, 0.5) is 11.4 Å². The largest absolute Gasteiger partial charge is 0.465 e. The van der Waals surface area contributed by atoms with Crippen LogP contribution in [0.1, 0.15) is 37.0 Å². The molecule has 21 heavy (non-hydrogen) atoms. The van der Waals surface area contributed by atoms with E-state index in [1.807, 2.05) is 6.92 Å². The van der Waals surface area contributed by atoms with E-state index in [1.165, 1.54) is 25.3 Å². The van der Waals surface area contributed by atoms with Crippen molar-refractivity contribution in [2.24, 2.45) is 0 Å². The summed E-state index contributed by atoms with van der Waals surface area (Å²) in [6.45, 7) is 3.74. The molecule has 116 valence electrons. The Kier molecular flexibility index (Phi) is 5.66. The Morgan fingerprint density at radius 3 is 2.71 bits per heavy atom. The summed E-state index contributed by atoms with van der Waals surface area (Å²) in [7, 11) is 1.24. The molecule has 0 radical (unpaired) electrons. The monoisotopic (exact) mass is 296 g/mol. The van der Waals surface area contributed by atoms with Crippen LogP contribution in [0.3, 0.4) is 0 Å². The van der Waals surface area contributed by atoms with Crippen LogP contribution in [0.25, 0.3) is 0 Å². The standard InChI is InChI=1S/C14H20N2O5/c1-4-7-14(2,18)9-15-11-8-10(13(17)21-3)5-6-12(11)16(19)20/h5-6,8,15,18H,4,7,9H2,1-3H3. The summed E-state index contributed by atoms with van der Waals surface area (Å²) in [6, 6.07) is 3.93. The number of hydrogen-bond acceptors (Lipinski definition) is 6. The maximum absolute atomic E-state index is 11.5.